The Bertz CT molecular complexity index is 489. The molecule has 0 bridgehead atoms. The topological polar surface area (TPSA) is 35.2 Å². The molecule has 2 nitrogen and oxygen atoms in total. The van der Waals surface area contributed by atoms with Crippen molar-refractivity contribution in [3.05, 3.63) is 48.0 Å². The van der Waals surface area contributed by atoms with Crippen LogP contribution < -0.4 is 10.5 Å². The Balaban J connectivity index is 2.45. The van der Waals surface area contributed by atoms with Crippen molar-refractivity contribution in [1.29, 1.82) is 0 Å². The third-order valence-electron chi connectivity index (χ3n) is 2.66. The van der Waals surface area contributed by atoms with Crippen LogP contribution in [0.3, 0.4) is 0 Å². The number of anilines is 1. The molecule has 0 aliphatic carbocycles. The van der Waals surface area contributed by atoms with Crippen LogP contribution in [0.25, 0.3) is 11.1 Å². The summed E-state index contributed by atoms with van der Waals surface area (Å²) in [6.45, 7) is 2.08. The average Bonchev–Trinajstić information content (AvgIpc) is 2.32. The third-order valence-corrected chi connectivity index (χ3v) is 2.66. The van der Waals surface area contributed by atoms with Gasteiger partial charge in [-0.2, -0.15) is 0 Å². The first-order valence-electron chi connectivity index (χ1n) is 5.21. The molecule has 2 aromatic rings. The first-order chi connectivity index (χ1) is 7.70. The lowest BCUT2D eigenvalue weighted by atomic mass is 10.00. The number of hydrogen-bond acceptors (Lipinski definition) is 2. The van der Waals surface area contributed by atoms with Crippen LogP contribution in [0.2, 0.25) is 0 Å². The molecule has 2 rings (SSSR count). The van der Waals surface area contributed by atoms with Gasteiger partial charge in [-0.15, -0.1) is 0 Å². The predicted molar refractivity (Wildman–Crippen MR) is 67.6 cm³/mol. The Labute approximate surface area is 95.7 Å². The number of methoxy groups -OCH3 is 1. The molecular weight excluding hydrogens is 198 g/mol. The zero-order chi connectivity index (χ0) is 11.5. The zero-order valence-corrected chi connectivity index (χ0v) is 9.53. The van der Waals surface area contributed by atoms with Gasteiger partial charge in [-0.25, -0.2) is 0 Å². The third kappa shape index (κ3) is 2.01. The number of benzene rings is 2. The van der Waals surface area contributed by atoms with Gasteiger partial charge >= 0.3 is 0 Å². The van der Waals surface area contributed by atoms with Crippen LogP contribution in [0.4, 0.5) is 5.69 Å². The first kappa shape index (κ1) is 10.6. The Morgan fingerprint density at radius 3 is 2.31 bits per heavy atom. The Kier molecular flexibility index (Phi) is 2.82. The highest BCUT2D eigenvalue weighted by Gasteiger charge is 2.02. The van der Waals surface area contributed by atoms with Crippen molar-refractivity contribution in [2.24, 2.45) is 0 Å². The van der Waals surface area contributed by atoms with E-state index < -0.39 is 0 Å². The molecule has 16 heavy (non-hydrogen) atoms. The molecule has 0 fully saturated rings. The molecule has 2 heteroatoms. The van der Waals surface area contributed by atoms with E-state index in [1.165, 1.54) is 11.1 Å². The van der Waals surface area contributed by atoms with Crippen molar-refractivity contribution in [2.45, 2.75) is 6.92 Å². The summed E-state index contributed by atoms with van der Waals surface area (Å²) in [7, 11) is 1.67. The van der Waals surface area contributed by atoms with Gasteiger partial charge in [-0.1, -0.05) is 18.2 Å². The quantitative estimate of drug-likeness (QED) is 0.777. The van der Waals surface area contributed by atoms with E-state index in [0.29, 0.717) is 0 Å². The van der Waals surface area contributed by atoms with Crippen LogP contribution in [0.15, 0.2) is 42.5 Å². The van der Waals surface area contributed by atoms with Gasteiger partial charge in [0.2, 0.25) is 0 Å². The van der Waals surface area contributed by atoms with Crippen LogP contribution in [-0.4, -0.2) is 7.11 Å². The minimum absolute atomic E-state index is 0.788. The zero-order valence-electron chi connectivity index (χ0n) is 9.53. The minimum Gasteiger partial charge on any atom is -0.497 e. The second-order valence-electron chi connectivity index (χ2n) is 3.80. The van der Waals surface area contributed by atoms with Gasteiger partial charge in [0.15, 0.2) is 0 Å². The molecule has 0 heterocycles. The van der Waals surface area contributed by atoms with Crippen molar-refractivity contribution in [3.63, 3.8) is 0 Å². The van der Waals surface area contributed by atoms with Crippen LogP contribution in [0, 0.1) is 6.92 Å². The first-order valence-corrected chi connectivity index (χ1v) is 5.21. The van der Waals surface area contributed by atoms with Gasteiger partial charge in [0.05, 0.1) is 7.11 Å². The molecule has 0 atom stereocenters. The molecule has 0 aliphatic heterocycles. The van der Waals surface area contributed by atoms with Crippen molar-refractivity contribution in [1.82, 2.24) is 0 Å². The van der Waals surface area contributed by atoms with Gasteiger partial charge < -0.3 is 10.5 Å². The summed E-state index contributed by atoms with van der Waals surface area (Å²) in [6.07, 6.45) is 0. The van der Waals surface area contributed by atoms with E-state index >= 15 is 0 Å². The van der Waals surface area contributed by atoms with Crippen LogP contribution >= 0.6 is 0 Å². The van der Waals surface area contributed by atoms with E-state index in [9.17, 15) is 0 Å². The van der Waals surface area contributed by atoms with Crippen LogP contribution in [0.5, 0.6) is 5.75 Å². The van der Waals surface area contributed by atoms with E-state index in [-0.39, 0.29) is 0 Å². The standard InChI is InChI=1S/C14H15NO/c1-10-3-6-12(15)9-14(10)11-4-7-13(16-2)8-5-11/h3-9H,15H2,1-2H3. The highest BCUT2D eigenvalue weighted by molar-refractivity contribution is 5.71. The number of nitrogens with two attached hydrogens (primary N) is 1. The molecule has 0 amide bonds. The fraction of sp³-hybridized carbons (Fsp3) is 0.143. The summed E-state index contributed by atoms with van der Waals surface area (Å²) in [5.74, 6) is 0.866. The van der Waals surface area contributed by atoms with Crippen LogP contribution in [0.1, 0.15) is 5.56 Å². The predicted octanol–water partition coefficient (Wildman–Crippen LogP) is 3.25. The molecule has 0 aliphatic rings. The summed E-state index contributed by atoms with van der Waals surface area (Å²) >= 11 is 0. The van der Waals surface area contributed by atoms with Gasteiger partial charge in [0, 0.05) is 5.69 Å². The van der Waals surface area contributed by atoms with E-state index in [1.54, 1.807) is 7.11 Å². The van der Waals surface area contributed by atoms with Crippen molar-refractivity contribution >= 4 is 5.69 Å². The van der Waals surface area contributed by atoms with E-state index in [0.717, 1.165) is 17.0 Å². The maximum absolute atomic E-state index is 5.80. The number of ether oxygens (including phenoxy) is 1. The monoisotopic (exact) mass is 213 g/mol. The molecule has 0 saturated heterocycles. The molecule has 0 spiro atoms. The molecule has 82 valence electrons. The van der Waals surface area contributed by atoms with E-state index in [4.69, 9.17) is 10.5 Å². The summed E-state index contributed by atoms with van der Waals surface area (Å²) in [4.78, 5) is 0. The second-order valence-corrected chi connectivity index (χ2v) is 3.80. The summed E-state index contributed by atoms with van der Waals surface area (Å²) in [6, 6.07) is 13.9. The number of hydrogen-bond donors (Lipinski definition) is 1. The molecule has 0 unspecified atom stereocenters. The SMILES string of the molecule is COc1ccc(-c2cc(N)ccc2C)cc1. The molecular formula is C14H15NO. The number of aryl methyl sites for hydroxylation is 1. The molecule has 0 saturated carbocycles. The normalized spacial score (nSPS) is 10.1. The smallest absolute Gasteiger partial charge is 0.118 e. The van der Waals surface area contributed by atoms with Gasteiger partial charge in [0.1, 0.15) is 5.75 Å². The molecule has 2 aromatic carbocycles. The van der Waals surface area contributed by atoms with Crippen molar-refractivity contribution < 1.29 is 4.74 Å². The van der Waals surface area contributed by atoms with E-state index in [1.807, 2.05) is 42.5 Å². The van der Waals surface area contributed by atoms with Gasteiger partial charge in [-0.3, -0.25) is 0 Å². The number of rotatable bonds is 2. The van der Waals surface area contributed by atoms with Gasteiger partial charge in [-0.05, 0) is 47.9 Å². The largest absolute Gasteiger partial charge is 0.497 e. The highest BCUT2D eigenvalue weighted by atomic mass is 16.5. The Morgan fingerprint density at radius 1 is 1.00 bits per heavy atom. The van der Waals surface area contributed by atoms with Crippen molar-refractivity contribution in [2.75, 3.05) is 12.8 Å². The number of nitrogen functional groups attached to an aromatic ring is 1. The van der Waals surface area contributed by atoms with Crippen molar-refractivity contribution in [3.8, 4) is 16.9 Å². The molecule has 0 radical (unpaired) electrons. The summed E-state index contributed by atoms with van der Waals surface area (Å²) in [5.41, 5.74) is 10.1. The average molecular weight is 213 g/mol. The second kappa shape index (κ2) is 4.27. The fourth-order valence-corrected chi connectivity index (χ4v) is 1.72. The minimum atomic E-state index is 0.788. The lowest BCUT2D eigenvalue weighted by Gasteiger charge is -2.08. The van der Waals surface area contributed by atoms with Crippen LogP contribution in [-0.2, 0) is 0 Å². The maximum atomic E-state index is 5.80. The molecule has 0 aromatic heterocycles. The summed E-state index contributed by atoms with van der Waals surface area (Å²) < 4.78 is 5.13. The maximum Gasteiger partial charge on any atom is 0.118 e. The molecule has 2 N–H and O–H groups in total. The Hall–Kier alpha value is -1.96. The lowest BCUT2D eigenvalue weighted by molar-refractivity contribution is 0.415. The fourth-order valence-electron chi connectivity index (χ4n) is 1.72. The Morgan fingerprint density at radius 2 is 1.69 bits per heavy atom. The highest BCUT2D eigenvalue weighted by Crippen LogP contribution is 2.27. The lowest BCUT2D eigenvalue weighted by Crippen LogP contribution is -1.89. The van der Waals surface area contributed by atoms with E-state index in [2.05, 4.69) is 6.92 Å². The van der Waals surface area contributed by atoms with Gasteiger partial charge in [0.25, 0.3) is 0 Å². The summed E-state index contributed by atoms with van der Waals surface area (Å²) in [5, 5.41) is 0.